The van der Waals surface area contributed by atoms with Gasteiger partial charge in [-0.15, -0.1) is 0 Å². The average Bonchev–Trinajstić information content (AvgIpc) is 3.05. The molecule has 2 N–H and O–H groups in total. The number of hydrogen-bond donors (Lipinski definition) is 2. The average molecular weight is 326 g/mol. The zero-order valence-electron chi connectivity index (χ0n) is 13.3. The van der Waals surface area contributed by atoms with Crippen LogP contribution in [-0.4, -0.2) is 15.0 Å². The van der Waals surface area contributed by atoms with Crippen molar-refractivity contribution < 1.29 is 0 Å². The molecule has 4 aromatic rings. The predicted octanol–water partition coefficient (Wildman–Crippen LogP) is 3.55. The Labute approximate surface area is 143 Å². The van der Waals surface area contributed by atoms with Crippen LogP contribution in [0.15, 0.2) is 65.5 Å². The number of nitrogens with zero attached hydrogens (tertiary/aromatic N) is 2. The number of nitrogens with one attached hydrogen (secondary N) is 2. The van der Waals surface area contributed by atoms with E-state index in [9.17, 15) is 10.1 Å². The molecule has 0 bridgehead atoms. The van der Waals surface area contributed by atoms with Gasteiger partial charge in [0, 0.05) is 17.6 Å². The first-order valence-electron chi connectivity index (χ1n) is 7.91. The number of hydrogen-bond acceptors (Lipinski definition) is 3. The van der Waals surface area contributed by atoms with Gasteiger partial charge >= 0.3 is 0 Å². The second-order valence-corrected chi connectivity index (χ2v) is 5.75. The fourth-order valence-corrected chi connectivity index (χ4v) is 2.86. The van der Waals surface area contributed by atoms with E-state index < -0.39 is 0 Å². The molecule has 2 aromatic carbocycles. The summed E-state index contributed by atoms with van der Waals surface area (Å²) in [4.78, 5) is 22.6. The zero-order chi connectivity index (χ0) is 17.2. The molecule has 0 aliphatic heterocycles. The summed E-state index contributed by atoms with van der Waals surface area (Å²) in [7, 11) is 0. The van der Waals surface area contributed by atoms with Gasteiger partial charge in [0.1, 0.15) is 6.07 Å². The lowest BCUT2D eigenvalue weighted by atomic mass is 10.1. The second-order valence-electron chi connectivity index (χ2n) is 5.75. The van der Waals surface area contributed by atoms with Crippen molar-refractivity contribution in [3.63, 3.8) is 0 Å². The van der Waals surface area contributed by atoms with Crippen molar-refractivity contribution >= 4 is 27.4 Å². The highest BCUT2D eigenvalue weighted by Gasteiger charge is 2.08. The van der Waals surface area contributed by atoms with E-state index in [0.717, 1.165) is 16.6 Å². The number of nitriles is 1. The van der Waals surface area contributed by atoms with Gasteiger partial charge in [-0.25, -0.2) is 4.98 Å². The molecule has 0 saturated heterocycles. The lowest BCUT2D eigenvalue weighted by Crippen LogP contribution is -2.11. The van der Waals surface area contributed by atoms with Crippen LogP contribution in [0.5, 0.6) is 0 Å². The maximum Gasteiger partial charge on any atom is 0.259 e. The normalized spacial score (nSPS) is 11.7. The van der Waals surface area contributed by atoms with Crippen LogP contribution in [0.25, 0.3) is 27.4 Å². The van der Waals surface area contributed by atoms with Crippen molar-refractivity contribution in [3.05, 3.63) is 82.5 Å². The minimum Gasteiger partial charge on any atom is -0.358 e. The topological polar surface area (TPSA) is 85.3 Å². The maximum atomic E-state index is 12.2. The van der Waals surface area contributed by atoms with E-state index in [2.05, 4.69) is 27.1 Å². The Hall–Kier alpha value is -3.65. The van der Waals surface area contributed by atoms with E-state index in [1.54, 1.807) is 24.3 Å². The molecule has 120 valence electrons. The first kappa shape index (κ1) is 14.9. The van der Waals surface area contributed by atoms with Crippen LogP contribution in [0, 0.1) is 11.3 Å². The molecule has 0 spiro atoms. The number of rotatable bonds is 3. The molecule has 4 rings (SSSR count). The largest absolute Gasteiger partial charge is 0.358 e. The van der Waals surface area contributed by atoms with Gasteiger partial charge in [-0.2, -0.15) is 5.26 Å². The monoisotopic (exact) mass is 326 g/mol. The summed E-state index contributed by atoms with van der Waals surface area (Å²) in [6, 6.07) is 19.3. The predicted molar refractivity (Wildman–Crippen MR) is 98.0 cm³/mol. The van der Waals surface area contributed by atoms with Gasteiger partial charge in [0.25, 0.3) is 5.56 Å². The third kappa shape index (κ3) is 2.81. The summed E-state index contributed by atoms with van der Waals surface area (Å²) in [5.41, 5.74) is 2.74. The van der Waals surface area contributed by atoms with Crippen molar-refractivity contribution in [1.29, 1.82) is 5.26 Å². The Kier molecular flexibility index (Phi) is 3.64. The summed E-state index contributed by atoms with van der Waals surface area (Å²) in [5.74, 6) is 0.294. The van der Waals surface area contributed by atoms with E-state index in [4.69, 9.17) is 0 Å². The van der Waals surface area contributed by atoms with Crippen LogP contribution >= 0.6 is 0 Å². The molecule has 0 aliphatic carbocycles. The van der Waals surface area contributed by atoms with Gasteiger partial charge in [-0.3, -0.25) is 4.79 Å². The lowest BCUT2D eigenvalue weighted by Gasteiger charge is -2.01. The molecule has 0 saturated carbocycles. The van der Waals surface area contributed by atoms with Gasteiger partial charge in [0.15, 0.2) is 5.82 Å². The Morgan fingerprint density at radius 3 is 2.76 bits per heavy atom. The Bertz CT molecular complexity index is 1170. The van der Waals surface area contributed by atoms with E-state index in [0.29, 0.717) is 28.7 Å². The number of aromatic nitrogens is 3. The van der Waals surface area contributed by atoms with E-state index in [-0.39, 0.29) is 5.56 Å². The first-order chi connectivity index (χ1) is 12.2. The summed E-state index contributed by atoms with van der Waals surface area (Å²) < 4.78 is 0. The molecule has 5 nitrogen and oxygen atoms in total. The molecule has 0 atom stereocenters. The fraction of sp³-hybridized carbons (Fsp3) is 0.0500. The van der Waals surface area contributed by atoms with Crippen molar-refractivity contribution in [1.82, 2.24) is 15.0 Å². The minimum absolute atomic E-state index is 0.243. The van der Waals surface area contributed by atoms with Crippen LogP contribution in [0.4, 0.5) is 0 Å². The maximum absolute atomic E-state index is 12.2. The summed E-state index contributed by atoms with van der Waals surface area (Å²) in [6.45, 7) is 0. The Balaban J connectivity index is 1.71. The standard InChI is InChI=1S/C20H14N4O/c21-12-14(9-10-15-11-13-5-1-3-7-17(13)22-15)19-23-18-8-4-2-6-16(18)20(25)24-19/h1-9,11,22H,10H2,(H,23,24,25). The highest BCUT2D eigenvalue weighted by atomic mass is 16.1. The summed E-state index contributed by atoms with van der Waals surface area (Å²) >= 11 is 0. The van der Waals surface area contributed by atoms with Crippen LogP contribution in [0.2, 0.25) is 0 Å². The Morgan fingerprint density at radius 2 is 1.92 bits per heavy atom. The number of benzene rings is 2. The molecule has 0 fully saturated rings. The first-order valence-corrected chi connectivity index (χ1v) is 7.91. The van der Waals surface area contributed by atoms with Gasteiger partial charge in [-0.05, 0) is 29.7 Å². The third-order valence-electron chi connectivity index (χ3n) is 4.10. The summed E-state index contributed by atoms with van der Waals surface area (Å²) in [5, 5.41) is 11.1. The lowest BCUT2D eigenvalue weighted by molar-refractivity contribution is 1.11. The van der Waals surface area contributed by atoms with Crippen molar-refractivity contribution in [3.8, 4) is 6.07 Å². The molecule has 2 aromatic heterocycles. The van der Waals surface area contributed by atoms with E-state index in [1.807, 2.05) is 30.3 Å². The highest BCUT2D eigenvalue weighted by Crippen LogP contribution is 2.17. The van der Waals surface area contributed by atoms with Gasteiger partial charge in [0.2, 0.25) is 0 Å². The van der Waals surface area contributed by atoms with Gasteiger partial charge < -0.3 is 9.97 Å². The van der Waals surface area contributed by atoms with Crippen LogP contribution in [-0.2, 0) is 6.42 Å². The Morgan fingerprint density at radius 1 is 1.12 bits per heavy atom. The number of H-pyrrole nitrogens is 2. The van der Waals surface area contributed by atoms with Crippen LogP contribution in [0.3, 0.4) is 0 Å². The SMILES string of the molecule is N#CC(=CCc1cc2ccccc2[nH]1)c1nc2ccccc2c(=O)[nH]1. The zero-order valence-corrected chi connectivity index (χ0v) is 13.3. The molecule has 0 radical (unpaired) electrons. The van der Waals surface area contributed by atoms with Crippen molar-refractivity contribution in [2.75, 3.05) is 0 Å². The molecule has 0 amide bonds. The quantitative estimate of drug-likeness (QED) is 0.565. The molecule has 25 heavy (non-hydrogen) atoms. The number of para-hydroxylation sites is 2. The minimum atomic E-state index is -0.243. The molecule has 2 heterocycles. The third-order valence-corrected chi connectivity index (χ3v) is 4.10. The molecule has 0 aliphatic rings. The fourth-order valence-electron chi connectivity index (χ4n) is 2.86. The molecular weight excluding hydrogens is 312 g/mol. The summed E-state index contributed by atoms with van der Waals surface area (Å²) in [6.07, 6.45) is 2.33. The van der Waals surface area contributed by atoms with E-state index >= 15 is 0 Å². The molecule has 5 heteroatoms. The highest BCUT2D eigenvalue weighted by molar-refractivity contribution is 5.82. The second kappa shape index (κ2) is 6.10. The van der Waals surface area contributed by atoms with Gasteiger partial charge in [-0.1, -0.05) is 36.4 Å². The molecule has 0 unspecified atom stereocenters. The molecular formula is C20H14N4O. The van der Waals surface area contributed by atoms with Crippen LogP contribution in [0.1, 0.15) is 11.5 Å². The number of aromatic amines is 2. The van der Waals surface area contributed by atoms with Crippen molar-refractivity contribution in [2.45, 2.75) is 6.42 Å². The van der Waals surface area contributed by atoms with Crippen molar-refractivity contribution in [2.24, 2.45) is 0 Å². The van der Waals surface area contributed by atoms with E-state index in [1.165, 1.54) is 0 Å². The van der Waals surface area contributed by atoms with Crippen LogP contribution < -0.4 is 5.56 Å². The smallest absolute Gasteiger partial charge is 0.259 e. The van der Waals surface area contributed by atoms with Gasteiger partial charge in [0.05, 0.1) is 16.5 Å². The number of allylic oxidation sites excluding steroid dienone is 2. The number of fused-ring (bicyclic) bond motifs is 2.